The topological polar surface area (TPSA) is 148 Å². The number of aliphatic imine (C=N–C) groups is 1. The van der Waals surface area contributed by atoms with Crippen LogP contribution in [0.15, 0.2) is 4.99 Å². The normalized spacial score (nSPS) is 12.0. The lowest BCUT2D eigenvalue weighted by atomic mass is 10.1. The van der Waals surface area contributed by atoms with E-state index in [9.17, 15) is 4.79 Å². The Balaban J connectivity index is 0. The molecule has 0 radical (unpaired) electrons. The van der Waals surface area contributed by atoms with Gasteiger partial charge < -0.3 is 11.5 Å². The lowest BCUT2D eigenvalue weighted by Gasteiger charge is -2.09. The molecule has 0 fully saturated rings. The predicted molar refractivity (Wildman–Crippen MR) is 81.3 cm³/mol. The molecule has 0 aliphatic carbocycles. The van der Waals surface area contributed by atoms with E-state index in [1.165, 1.54) is 0 Å². The van der Waals surface area contributed by atoms with Gasteiger partial charge in [-0.05, 0) is 31.4 Å². The molecule has 11 heteroatoms. The summed E-state index contributed by atoms with van der Waals surface area (Å²) in [6.45, 7) is 2.39. The summed E-state index contributed by atoms with van der Waals surface area (Å²) in [7, 11) is 0. The molecule has 1 heterocycles. The summed E-state index contributed by atoms with van der Waals surface area (Å²) in [5, 5.41) is 15.2. The molecule has 1 unspecified atom stereocenters. The van der Waals surface area contributed by atoms with Crippen molar-refractivity contribution >= 4 is 42.5 Å². The van der Waals surface area contributed by atoms with Crippen molar-refractivity contribution in [1.82, 2.24) is 20.6 Å². The van der Waals surface area contributed by atoms with Gasteiger partial charge in [0, 0.05) is 6.54 Å². The molecule has 0 aromatic carbocycles. The van der Waals surface area contributed by atoms with Crippen molar-refractivity contribution < 1.29 is 4.79 Å². The molecule has 0 aliphatic heterocycles. The number of nitrogens with zero attached hydrogens (tertiary/aromatic N) is 4. The fraction of sp³-hybridized carbons (Fsp3) is 0.667. The average Bonchev–Trinajstić information content (AvgIpc) is 2.80. The lowest BCUT2D eigenvalue weighted by Crippen LogP contribution is -2.35. The molecule has 6 N–H and O–H groups in total. The zero-order valence-electron chi connectivity index (χ0n) is 11.1. The Morgan fingerprint density at radius 1 is 1.45 bits per heavy atom. The first-order valence-electron chi connectivity index (χ1n) is 5.66. The van der Waals surface area contributed by atoms with Crippen LogP contribution in [-0.2, 0) is 4.79 Å². The average molecular weight is 327 g/mol. The van der Waals surface area contributed by atoms with Crippen LogP contribution in [0.5, 0.6) is 0 Å². The predicted octanol–water partition coefficient (Wildman–Crippen LogP) is -0.144. The quantitative estimate of drug-likeness (QED) is 0.311. The van der Waals surface area contributed by atoms with Crippen LogP contribution in [0.2, 0.25) is 0 Å². The number of hydrogen-bond acceptors (Lipinski definition) is 6. The number of amidine groups is 1. The summed E-state index contributed by atoms with van der Waals surface area (Å²) in [5.74, 6) is 0.364. The number of unbranched alkanes of at least 4 members (excludes halogenated alkanes) is 1. The highest BCUT2D eigenvalue weighted by molar-refractivity contribution is 5.93. The van der Waals surface area contributed by atoms with E-state index in [1.807, 2.05) is 0 Å². The minimum absolute atomic E-state index is 0. The molecule has 0 saturated carbocycles. The molecular weight excluding hydrogens is 307 g/mol. The number of aromatic nitrogens is 4. The Hall–Kier alpha value is -1.45. The van der Waals surface area contributed by atoms with Crippen LogP contribution in [0.4, 0.5) is 5.95 Å². The van der Waals surface area contributed by atoms with Gasteiger partial charge in [-0.1, -0.05) is 5.10 Å². The molecule has 116 valence electrons. The second-order valence-corrected chi connectivity index (χ2v) is 3.85. The molecule has 0 aliphatic rings. The zero-order chi connectivity index (χ0) is 13.4. The molecule has 20 heavy (non-hydrogen) atoms. The molecule has 1 aromatic rings. The number of amides is 1. The van der Waals surface area contributed by atoms with Crippen LogP contribution in [-0.4, -0.2) is 45.0 Å². The third-order valence-electron chi connectivity index (χ3n) is 2.20. The van der Waals surface area contributed by atoms with Crippen LogP contribution in [0, 0.1) is 0 Å². The zero-order valence-corrected chi connectivity index (χ0v) is 12.7. The standard InChI is InChI=1S/C9H18N8O.2ClH/c1-6(10)12-5-3-2-4-7(11)8(18)13-9-14-16-17-15-9;;/h7H,2-5,11H2,1H3,(H2,10,12)(H2,13,14,15,16,17,18);2*1H. The molecule has 0 saturated heterocycles. The summed E-state index contributed by atoms with van der Waals surface area (Å²) < 4.78 is 0. The van der Waals surface area contributed by atoms with Gasteiger partial charge in [0.05, 0.1) is 11.9 Å². The number of nitrogens with one attached hydrogen (secondary N) is 2. The smallest absolute Gasteiger partial charge is 0.269 e. The molecule has 0 bridgehead atoms. The minimum atomic E-state index is -0.591. The van der Waals surface area contributed by atoms with Gasteiger partial charge in [-0.2, -0.15) is 5.21 Å². The first-order chi connectivity index (χ1) is 8.59. The number of aromatic amines is 1. The van der Waals surface area contributed by atoms with E-state index in [4.69, 9.17) is 11.5 Å². The van der Waals surface area contributed by atoms with Crippen molar-refractivity contribution in [3.05, 3.63) is 0 Å². The van der Waals surface area contributed by atoms with Gasteiger partial charge in [-0.3, -0.25) is 15.1 Å². The van der Waals surface area contributed by atoms with E-state index in [-0.39, 0.29) is 36.7 Å². The minimum Gasteiger partial charge on any atom is -0.388 e. The highest BCUT2D eigenvalue weighted by Crippen LogP contribution is 2.02. The maximum absolute atomic E-state index is 11.6. The number of anilines is 1. The van der Waals surface area contributed by atoms with Gasteiger partial charge in [0.25, 0.3) is 5.95 Å². The van der Waals surface area contributed by atoms with Crippen LogP contribution >= 0.6 is 24.8 Å². The number of hydrogen-bond donors (Lipinski definition) is 4. The first-order valence-corrected chi connectivity index (χ1v) is 5.66. The number of H-pyrrole nitrogens is 1. The SMILES string of the molecule is CC(N)=NCCCCC(N)C(=O)Nc1nn[nH]n1.Cl.Cl. The third kappa shape index (κ3) is 8.62. The number of carbonyl (C=O) groups excluding carboxylic acids is 1. The van der Waals surface area contributed by atoms with Crippen molar-refractivity contribution in [2.45, 2.75) is 32.2 Å². The van der Waals surface area contributed by atoms with Crippen molar-refractivity contribution in [2.24, 2.45) is 16.5 Å². The van der Waals surface area contributed by atoms with Crippen molar-refractivity contribution in [3.8, 4) is 0 Å². The van der Waals surface area contributed by atoms with Crippen LogP contribution in [0.25, 0.3) is 0 Å². The van der Waals surface area contributed by atoms with Gasteiger partial charge in [0.15, 0.2) is 0 Å². The molecule has 1 atom stereocenters. The summed E-state index contributed by atoms with van der Waals surface area (Å²) in [6, 6.07) is -0.591. The van der Waals surface area contributed by atoms with Gasteiger partial charge in [0.2, 0.25) is 5.91 Å². The fourth-order valence-electron chi connectivity index (χ4n) is 1.28. The number of tetrazole rings is 1. The Bertz CT molecular complexity index is 393. The summed E-state index contributed by atoms with van der Waals surface area (Å²) >= 11 is 0. The van der Waals surface area contributed by atoms with Crippen LogP contribution in [0.1, 0.15) is 26.2 Å². The number of carbonyl (C=O) groups is 1. The molecule has 0 spiro atoms. The maximum Gasteiger partial charge on any atom is 0.269 e. The van der Waals surface area contributed by atoms with Gasteiger partial charge in [-0.25, -0.2) is 0 Å². The lowest BCUT2D eigenvalue weighted by molar-refractivity contribution is -0.117. The third-order valence-corrected chi connectivity index (χ3v) is 2.20. The Morgan fingerprint density at radius 2 is 2.15 bits per heavy atom. The number of rotatable bonds is 7. The first kappa shape index (κ1) is 20.9. The Kier molecular flexibility index (Phi) is 11.9. The molecular formula is C9H20Cl2N8O. The van der Waals surface area contributed by atoms with Crippen molar-refractivity contribution in [1.29, 1.82) is 0 Å². The molecule has 9 nitrogen and oxygen atoms in total. The second-order valence-electron chi connectivity index (χ2n) is 3.85. The molecule has 1 amide bonds. The molecule has 1 rings (SSSR count). The van der Waals surface area contributed by atoms with Crippen molar-refractivity contribution in [2.75, 3.05) is 11.9 Å². The van der Waals surface area contributed by atoms with E-state index in [0.717, 1.165) is 12.8 Å². The van der Waals surface area contributed by atoms with E-state index in [0.29, 0.717) is 18.8 Å². The van der Waals surface area contributed by atoms with E-state index >= 15 is 0 Å². The van der Waals surface area contributed by atoms with Crippen LogP contribution < -0.4 is 16.8 Å². The van der Waals surface area contributed by atoms with Crippen LogP contribution in [0.3, 0.4) is 0 Å². The highest BCUT2D eigenvalue weighted by atomic mass is 35.5. The highest BCUT2D eigenvalue weighted by Gasteiger charge is 2.14. The Morgan fingerprint density at radius 3 is 2.70 bits per heavy atom. The van der Waals surface area contributed by atoms with E-state index in [2.05, 4.69) is 30.9 Å². The fourth-order valence-corrected chi connectivity index (χ4v) is 1.28. The Labute approximate surface area is 129 Å². The van der Waals surface area contributed by atoms with Crippen molar-refractivity contribution in [3.63, 3.8) is 0 Å². The molecule has 1 aromatic heterocycles. The van der Waals surface area contributed by atoms with Gasteiger partial charge in [0.1, 0.15) is 0 Å². The van der Waals surface area contributed by atoms with E-state index < -0.39 is 6.04 Å². The summed E-state index contributed by atoms with van der Waals surface area (Å²) in [6.07, 6.45) is 2.22. The largest absolute Gasteiger partial charge is 0.388 e. The van der Waals surface area contributed by atoms with Gasteiger partial charge in [-0.15, -0.1) is 29.9 Å². The monoisotopic (exact) mass is 326 g/mol. The second kappa shape index (κ2) is 11.4. The summed E-state index contributed by atoms with van der Waals surface area (Å²) in [4.78, 5) is 15.6. The maximum atomic E-state index is 11.6. The number of nitrogens with two attached hydrogens (primary N) is 2. The van der Waals surface area contributed by atoms with E-state index in [1.54, 1.807) is 6.92 Å². The number of halogens is 2. The van der Waals surface area contributed by atoms with Gasteiger partial charge >= 0.3 is 0 Å². The summed E-state index contributed by atoms with van der Waals surface area (Å²) in [5.41, 5.74) is 11.1.